The number of hydrogen-bond donors (Lipinski definition) is 2. The molecule has 1 aromatic rings. The molecule has 2 fully saturated rings. The number of nitrogens with zero attached hydrogens (tertiary/aromatic N) is 1. The summed E-state index contributed by atoms with van der Waals surface area (Å²) < 4.78 is 10.7. The predicted molar refractivity (Wildman–Crippen MR) is 127 cm³/mol. The van der Waals surface area contributed by atoms with Crippen LogP contribution >= 0.6 is 0 Å². The van der Waals surface area contributed by atoms with Crippen LogP contribution in [0.1, 0.15) is 67.7 Å². The molecule has 1 aromatic carbocycles. The second-order valence-electron chi connectivity index (χ2n) is 9.20. The van der Waals surface area contributed by atoms with Crippen LogP contribution in [0.5, 0.6) is 5.75 Å². The number of ether oxygens (including phenoxy) is 2. The SMILES string of the molecule is CCOC(=O)NC1CCN(CC2=CC(c3cc(OC)c(C)c(C4CCC4)c3)NC=C2)CC1. The van der Waals surface area contributed by atoms with Gasteiger partial charge in [0, 0.05) is 25.7 Å². The molecule has 1 saturated carbocycles. The summed E-state index contributed by atoms with van der Waals surface area (Å²) in [5, 5.41) is 6.50. The number of nitrogens with one attached hydrogen (secondary N) is 2. The first-order chi connectivity index (χ1) is 15.6. The number of hydrogen-bond acceptors (Lipinski definition) is 5. The smallest absolute Gasteiger partial charge is 0.407 e. The van der Waals surface area contributed by atoms with E-state index < -0.39 is 0 Å². The number of rotatable bonds is 7. The van der Waals surface area contributed by atoms with Gasteiger partial charge in [0.15, 0.2) is 0 Å². The van der Waals surface area contributed by atoms with Crippen molar-refractivity contribution >= 4 is 6.09 Å². The van der Waals surface area contributed by atoms with Crippen molar-refractivity contribution in [3.63, 3.8) is 0 Å². The van der Waals surface area contributed by atoms with Crippen LogP contribution in [0.4, 0.5) is 4.79 Å². The molecule has 0 radical (unpaired) electrons. The van der Waals surface area contributed by atoms with E-state index in [-0.39, 0.29) is 18.2 Å². The van der Waals surface area contributed by atoms with E-state index in [1.54, 1.807) is 7.11 Å². The molecule has 3 aliphatic rings. The van der Waals surface area contributed by atoms with E-state index in [0.717, 1.165) is 38.2 Å². The van der Waals surface area contributed by atoms with Crippen LogP contribution in [0.2, 0.25) is 0 Å². The number of dihydropyridines is 1. The minimum atomic E-state index is -0.299. The summed E-state index contributed by atoms with van der Waals surface area (Å²) in [5.41, 5.74) is 5.34. The third-order valence-corrected chi connectivity index (χ3v) is 7.09. The highest BCUT2D eigenvalue weighted by Gasteiger charge is 2.25. The summed E-state index contributed by atoms with van der Waals surface area (Å²) in [4.78, 5) is 14.1. The third kappa shape index (κ3) is 5.29. The zero-order chi connectivity index (χ0) is 22.5. The standard InChI is InChI=1S/C26H37N3O3/c1-4-32-26(30)28-22-9-12-29(13-10-22)17-19-8-11-27-24(14-19)21-15-23(20-6-5-7-20)18(2)25(16-21)31-3/h8,11,14-16,20,22,24,27H,4-7,9-10,12-13,17H2,1-3H3,(H,28,30). The van der Waals surface area contributed by atoms with Crippen molar-refractivity contribution in [2.24, 2.45) is 0 Å². The maximum atomic E-state index is 11.7. The molecule has 0 spiro atoms. The van der Waals surface area contributed by atoms with Crippen LogP contribution < -0.4 is 15.4 Å². The van der Waals surface area contributed by atoms with Crippen LogP contribution in [0, 0.1) is 6.92 Å². The van der Waals surface area contributed by atoms with Gasteiger partial charge in [-0.2, -0.15) is 0 Å². The number of likely N-dealkylation sites (tertiary alicyclic amines) is 1. The van der Waals surface area contributed by atoms with Gasteiger partial charge in [0.1, 0.15) is 5.75 Å². The maximum Gasteiger partial charge on any atom is 0.407 e. The van der Waals surface area contributed by atoms with E-state index >= 15 is 0 Å². The number of carbonyl (C=O) groups is 1. The highest BCUT2D eigenvalue weighted by Crippen LogP contribution is 2.41. The van der Waals surface area contributed by atoms with Gasteiger partial charge >= 0.3 is 6.09 Å². The molecule has 1 aliphatic carbocycles. The Hall–Kier alpha value is -2.47. The largest absolute Gasteiger partial charge is 0.496 e. The van der Waals surface area contributed by atoms with Crippen LogP contribution in [-0.2, 0) is 4.74 Å². The Bertz CT molecular complexity index is 867. The maximum absolute atomic E-state index is 11.7. The number of alkyl carbamates (subject to hydrolysis) is 1. The molecule has 174 valence electrons. The first-order valence-electron chi connectivity index (χ1n) is 12.0. The monoisotopic (exact) mass is 439 g/mol. The molecule has 4 rings (SSSR count). The van der Waals surface area contributed by atoms with Gasteiger partial charge in [-0.15, -0.1) is 0 Å². The molecular weight excluding hydrogens is 402 g/mol. The van der Waals surface area contributed by atoms with E-state index in [2.05, 4.69) is 52.9 Å². The Kier molecular flexibility index (Phi) is 7.40. The molecule has 2 heterocycles. The molecule has 6 nitrogen and oxygen atoms in total. The fraction of sp³-hybridized carbons (Fsp3) is 0.577. The summed E-state index contributed by atoms with van der Waals surface area (Å²) in [6.07, 6.45) is 12.1. The molecule has 1 atom stereocenters. The summed E-state index contributed by atoms with van der Waals surface area (Å²) in [6.45, 7) is 7.31. The summed E-state index contributed by atoms with van der Waals surface area (Å²) in [7, 11) is 1.77. The lowest BCUT2D eigenvalue weighted by Crippen LogP contribution is -2.45. The van der Waals surface area contributed by atoms with E-state index in [4.69, 9.17) is 9.47 Å². The third-order valence-electron chi connectivity index (χ3n) is 7.09. The first-order valence-corrected chi connectivity index (χ1v) is 12.0. The van der Waals surface area contributed by atoms with Gasteiger partial charge in [0.25, 0.3) is 0 Å². The second kappa shape index (κ2) is 10.4. The predicted octanol–water partition coefficient (Wildman–Crippen LogP) is 4.57. The molecule has 32 heavy (non-hydrogen) atoms. The highest BCUT2D eigenvalue weighted by atomic mass is 16.5. The summed E-state index contributed by atoms with van der Waals surface area (Å²) in [5.74, 6) is 1.67. The Morgan fingerprint density at radius 1 is 1.22 bits per heavy atom. The molecule has 2 N–H and O–H groups in total. The van der Waals surface area contributed by atoms with Gasteiger partial charge in [-0.1, -0.05) is 18.6 Å². The van der Waals surface area contributed by atoms with Crippen molar-refractivity contribution in [2.45, 2.75) is 64.0 Å². The lowest BCUT2D eigenvalue weighted by molar-refractivity contribution is 0.138. The molecule has 0 aromatic heterocycles. The van der Waals surface area contributed by atoms with Crippen LogP contribution in [0.3, 0.4) is 0 Å². The molecule has 1 amide bonds. The van der Waals surface area contributed by atoms with Gasteiger partial charge in [0.2, 0.25) is 0 Å². The number of carbonyl (C=O) groups excluding carboxylic acids is 1. The molecule has 2 aliphatic heterocycles. The Labute approximate surface area is 192 Å². The Morgan fingerprint density at radius 3 is 2.66 bits per heavy atom. The molecule has 6 heteroatoms. The van der Waals surface area contributed by atoms with E-state index in [1.165, 1.54) is 41.5 Å². The van der Waals surface area contributed by atoms with Gasteiger partial charge in [-0.25, -0.2) is 4.79 Å². The topological polar surface area (TPSA) is 62.8 Å². The van der Waals surface area contributed by atoms with E-state index in [9.17, 15) is 4.79 Å². The number of methoxy groups -OCH3 is 1. The van der Waals surface area contributed by atoms with Crippen molar-refractivity contribution < 1.29 is 14.3 Å². The summed E-state index contributed by atoms with van der Waals surface area (Å²) >= 11 is 0. The molecule has 0 bridgehead atoms. The zero-order valence-electron chi connectivity index (χ0n) is 19.7. The first kappa shape index (κ1) is 22.7. The lowest BCUT2D eigenvalue weighted by atomic mass is 9.77. The van der Waals surface area contributed by atoms with Crippen LogP contribution in [0.25, 0.3) is 0 Å². The van der Waals surface area contributed by atoms with Crippen LogP contribution in [0.15, 0.2) is 36.1 Å². The average molecular weight is 440 g/mol. The van der Waals surface area contributed by atoms with Crippen molar-refractivity contribution in [1.29, 1.82) is 0 Å². The van der Waals surface area contributed by atoms with E-state index in [0.29, 0.717) is 12.5 Å². The number of piperidine rings is 1. The quantitative estimate of drug-likeness (QED) is 0.652. The molecule has 1 saturated heterocycles. The molecular formula is C26H37N3O3. The van der Waals surface area contributed by atoms with Crippen molar-refractivity contribution in [3.05, 3.63) is 52.7 Å². The second-order valence-corrected chi connectivity index (χ2v) is 9.20. The zero-order valence-corrected chi connectivity index (χ0v) is 19.7. The average Bonchev–Trinajstić information content (AvgIpc) is 2.75. The fourth-order valence-corrected chi connectivity index (χ4v) is 4.97. The normalized spacial score (nSPS) is 22.0. The minimum absolute atomic E-state index is 0.159. The number of benzene rings is 1. The highest BCUT2D eigenvalue weighted by molar-refractivity contribution is 5.67. The molecule has 1 unspecified atom stereocenters. The van der Waals surface area contributed by atoms with Crippen LogP contribution in [-0.4, -0.2) is 50.4 Å². The van der Waals surface area contributed by atoms with E-state index in [1.807, 2.05) is 6.92 Å². The Balaban J connectivity index is 1.39. The van der Waals surface area contributed by atoms with Crippen molar-refractivity contribution in [3.8, 4) is 5.75 Å². The van der Waals surface area contributed by atoms with Gasteiger partial charge < -0.3 is 20.1 Å². The van der Waals surface area contributed by atoms with Gasteiger partial charge in [-0.05, 0) is 86.1 Å². The number of amides is 1. The van der Waals surface area contributed by atoms with Crippen molar-refractivity contribution in [2.75, 3.05) is 33.4 Å². The Morgan fingerprint density at radius 2 is 2.00 bits per heavy atom. The van der Waals surface area contributed by atoms with Crippen molar-refractivity contribution in [1.82, 2.24) is 15.5 Å². The van der Waals surface area contributed by atoms with Gasteiger partial charge in [-0.3, -0.25) is 4.90 Å². The minimum Gasteiger partial charge on any atom is -0.496 e. The lowest BCUT2D eigenvalue weighted by Gasteiger charge is -2.33. The summed E-state index contributed by atoms with van der Waals surface area (Å²) in [6, 6.07) is 4.95. The fourth-order valence-electron chi connectivity index (χ4n) is 4.97. The van der Waals surface area contributed by atoms with Gasteiger partial charge in [0.05, 0.1) is 19.8 Å².